The Morgan fingerprint density at radius 3 is 2.79 bits per heavy atom. The fourth-order valence-electron chi connectivity index (χ4n) is 2.26. The van der Waals surface area contributed by atoms with Gasteiger partial charge in [-0.05, 0) is 31.0 Å². The molecule has 4 heteroatoms. The molecule has 1 aromatic heterocycles. The van der Waals surface area contributed by atoms with Gasteiger partial charge in [-0.15, -0.1) is 11.3 Å². The number of hydrogen-bond donors (Lipinski definition) is 1. The average Bonchev–Trinajstić information content (AvgIpc) is 2.77. The molecular formula is C15H22N2OS. The van der Waals surface area contributed by atoms with E-state index in [0.29, 0.717) is 12.6 Å². The molecule has 1 aromatic carbocycles. The van der Waals surface area contributed by atoms with E-state index < -0.39 is 0 Å². The third-order valence-electron chi connectivity index (χ3n) is 3.54. The highest BCUT2D eigenvalue weighted by atomic mass is 32.1. The maximum absolute atomic E-state index is 5.89. The molecule has 2 aromatic rings. The minimum Gasteiger partial charge on any atom is -0.383 e. The quantitative estimate of drug-likeness (QED) is 0.883. The second-order valence-corrected chi connectivity index (χ2v) is 6.06. The summed E-state index contributed by atoms with van der Waals surface area (Å²) in [5.41, 5.74) is 7.26. The number of likely N-dealkylation sites (N-methyl/N-ethyl adjacent to an activating group) is 1. The van der Waals surface area contributed by atoms with Gasteiger partial charge in [0.05, 0.1) is 6.61 Å². The molecule has 0 aliphatic heterocycles. The van der Waals surface area contributed by atoms with Crippen molar-refractivity contribution in [2.75, 3.05) is 20.8 Å². The Morgan fingerprint density at radius 1 is 1.37 bits per heavy atom. The van der Waals surface area contributed by atoms with E-state index in [-0.39, 0.29) is 0 Å². The Bertz CT molecular complexity index is 538. The largest absolute Gasteiger partial charge is 0.383 e. The molecule has 0 radical (unpaired) electrons. The summed E-state index contributed by atoms with van der Waals surface area (Å²) in [4.78, 5) is 3.61. The normalized spacial score (nSPS) is 13.3. The van der Waals surface area contributed by atoms with Gasteiger partial charge < -0.3 is 10.5 Å². The zero-order chi connectivity index (χ0) is 13.8. The van der Waals surface area contributed by atoms with Gasteiger partial charge in [0.2, 0.25) is 0 Å². The van der Waals surface area contributed by atoms with Gasteiger partial charge in [0.1, 0.15) is 0 Å². The van der Waals surface area contributed by atoms with Crippen LogP contribution in [0.25, 0.3) is 10.1 Å². The van der Waals surface area contributed by atoms with Crippen molar-refractivity contribution in [2.24, 2.45) is 5.73 Å². The van der Waals surface area contributed by atoms with Crippen LogP contribution in [-0.4, -0.2) is 31.7 Å². The van der Waals surface area contributed by atoms with E-state index in [4.69, 9.17) is 10.5 Å². The fourth-order valence-corrected chi connectivity index (χ4v) is 3.36. The van der Waals surface area contributed by atoms with Crippen LogP contribution >= 0.6 is 11.3 Å². The maximum Gasteiger partial charge on any atom is 0.0615 e. The minimum absolute atomic E-state index is 0.397. The number of ether oxygens (including phenoxy) is 1. The number of thiophene rings is 1. The number of nitrogens with two attached hydrogens (primary N) is 1. The minimum atomic E-state index is 0.397. The first-order valence-electron chi connectivity index (χ1n) is 6.56. The van der Waals surface area contributed by atoms with Gasteiger partial charge in [-0.1, -0.05) is 18.2 Å². The van der Waals surface area contributed by atoms with Crippen molar-refractivity contribution in [2.45, 2.75) is 26.1 Å². The molecule has 104 valence electrons. The van der Waals surface area contributed by atoms with Gasteiger partial charge in [-0.2, -0.15) is 0 Å². The van der Waals surface area contributed by atoms with Crippen LogP contribution in [-0.2, 0) is 17.8 Å². The molecule has 0 spiro atoms. The Balaban J connectivity index is 2.28. The molecule has 1 heterocycles. The monoisotopic (exact) mass is 278 g/mol. The highest BCUT2D eigenvalue weighted by Crippen LogP contribution is 2.32. The molecule has 0 fully saturated rings. The Morgan fingerprint density at radius 2 is 2.11 bits per heavy atom. The van der Waals surface area contributed by atoms with Crippen LogP contribution in [0.2, 0.25) is 0 Å². The smallest absolute Gasteiger partial charge is 0.0615 e. The highest BCUT2D eigenvalue weighted by molar-refractivity contribution is 7.19. The van der Waals surface area contributed by atoms with E-state index in [1.165, 1.54) is 20.5 Å². The van der Waals surface area contributed by atoms with Gasteiger partial charge in [0.15, 0.2) is 0 Å². The third kappa shape index (κ3) is 3.15. The highest BCUT2D eigenvalue weighted by Gasteiger charge is 2.15. The van der Waals surface area contributed by atoms with Crippen LogP contribution in [0.5, 0.6) is 0 Å². The van der Waals surface area contributed by atoms with E-state index in [1.807, 2.05) is 11.3 Å². The van der Waals surface area contributed by atoms with Crippen LogP contribution in [0.4, 0.5) is 0 Å². The van der Waals surface area contributed by atoms with Crippen LogP contribution in [0.15, 0.2) is 24.3 Å². The van der Waals surface area contributed by atoms with Gasteiger partial charge >= 0.3 is 0 Å². The zero-order valence-electron chi connectivity index (χ0n) is 11.8. The molecule has 0 saturated heterocycles. The van der Waals surface area contributed by atoms with Crippen molar-refractivity contribution in [3.05, 3.63) is 34.7 Å². The molecule has 0 aliphatic rings. The van der Waals surface area contributed by atoms with Crippen LogP contribution in [0.3, 0.4) is 0 Å². The summed E-state index contributed by atoms with van der Waals surface area (Å²) in [5.74, 6) is 0. The van der Waals surface area contributed by atoms with Crippen molar-refractivity contribution in [3.8, 4) is 0 Å². The van der Waals surface area contributed by atoms with E-state index in [2.05, 4.69) is 43.1 Å². The lowest BCUT2D eigenvalue weighted by Crippen LogP contribution is -2.32. The van der Waals surface area contributed by atoms with Crippen molar-refractivity contribution < 1.29 is 4.74 Å². The second kappa shape index (κ2) is 6.48. The molecule has 3 nitrogen and oxygen atoms in total. The summed E-state index contributed by atoms with van der Waals surface area (Å²) in [6.07, 6.45) is 0. The Labute approximate surface area is 119 Å². The Kier molecular flexibility index (Phi) is 4.93. The number of benzene rings is 1. The molecular weight excluding hydrogens is 256 g/mol. The topological polar surface area (TPSA) is 38.5 Å². The standard InChI is InChI=1S/C15H22N2OS/c1-11(10-18-3)17(2)9-13-12-6-4-5-7-14(12)19-15(13)8-16/h4-7,11H,8-10,16H2,1-3H3. The molecule has 2 N–H and O–H groups in total. The van der Waals surface area contributed by atoms with E-state index >= 15 is 0 Å². The van der Waals surface area contributed by atoms with Gasteiger partial charge in [-0.25, -0.2) is 0 Å². The number of methoxy groups -OCH3 is 1. The molecule has 0 saturated carbocycles. The molecule has 0 bridgehead atoms. The predicted molar refractivity (Wildman–Crippen MR) is 82.5 cm³/mol. The molecule has 1 atom stereocenters. The first kappa shape index (κ1) is 14.5. The maximum atomic E-state index is 5.89. The lowest BCUT2D eigenvalue weighted by atomic mass is 10.1. The van der Waals surface area contributed by atoms with E-state index in [0.717, 1.165) is 13.2 Å². The number of fused-ring (bicyclic) bond motifs is 1. The number of nitrogens with zero attached hydrogens (tertiary/aromatic N) is 1. The summed E-state index contributed by atoms with van der Waals surface area (Å²) in [7, 11) is 3.88. The van der Waals surface area contributed by atoms with Crippen molar-refractivity contribution >= 4 is 21.4 Å². The van der Waals surface area contributed by atoms with E-state index in [9.17, 15) is 0 Å². The van der Waals surface area contributed by atoms with Crippen LogP contribution in [0, 0.1) is 0 Å². The summed E-state index contributed by atoms with van der Waals surface area (Å²) >= 11 is 1.81. The van der Waals surface area contributed by atoms with Crippen LogP contribution < -0.4 is 5.73 Å². The lowest BCUT2D eigenvalue weighted by Gasteiger charge is -2.24. The van der Waals surface area contributed by atoms with Gasteiger partial charge in [-0.3, -0.25) is 4.90 Å². The molecule has 0 aliphatic carbocycles. The molecule has 1 unspecified atom stereocenters. The fraction of sp³-hybridized carbons (Fsp3) is 0.467. The SMILES string of the molecule is COCC(C)N(C)Cc1c(CN)sc2ccccc12. The van der Waals surface area contributed by atoms with Crippen LogP contribution in [0.1, 0.15) is 17.4 Å². The molecule has 2 rings (SSSR count). The van der Waals surface area contributed by atoms with Crippen molar-refractivity contribution in [3.63, 3.8) is 0 Å². The number of rotatable bonds is 6. The first-order chi connectivity index (χ1) is 9.17. The average molecular weight is 278 g/mol. The summed E-state index contributed by atoms with van der Waals surface area (Å²) < 4.78 is 6.55. The summed E-state index contributed by atoms with van der Waals surface area (Å²) in [6, 6.07) is 8.93. The molecule has 19 heavy (non-hydrogen) atoms. The molecule has 0 amide bonds. The van der Waals surface area contributed by atoms with E-state index in [1.54, 1.807) is 7.11 Å². The zero-order valence-corrected chi connectivity index (χ0v) is 12.7. The van der Waals surface area contributed by atoms with Crippen molar-refractivity contribution in [1.82, 2.24) is 4.90 Å². The van der Waals surface area contributed by atoms with Gasteiger partial charge in [0.25, 0.3) is 0 Å². The lowest BCUT2D eigenvalue weighted by molar-refractivity contribution is 0.112. The van der Waals surface area contributed by atoms with Crippen molar-refractivity contribution in [1.29, 1.82) is 0 Å². The predicted octanol–water partition coefficient (Wildman–Crippen LogP) is 2.83. The summed E-state index contributed by atoms with van der Waals surface area (Å²) in [5, 5.41) is 1.34. The Hall–Kier alpha value is -0.940. The second-order valence-electron chi connectivity index (χ2n) is 4.92. The third-order valence-corrected chi connectivity index (χ3v) is 4.77. The van der Waals surface area contributed by atoms with Gasteiger partial charge in [0, 0.05) is 35.8 Å². The number of hydrogen-bond acceptors (Lipinski definition) is 4. The first-order valence-corrected chi connectivity index (χ1v) is 7.37. The summed E-state index contributed by atoms with van der Waals surface area (Å²) in [6.45, 7) is 4.46.